The Kier molecular flexibility index (Phi) is 11.4. The zero-order valence-electron chi connectivity index (χ0n) is 25.2. The average Bonchev–Trinajstić information content (AvgIpc) is 3.03. The first kappa shape index (κ1) is 33.0. The molecule has 4 rings (SSSR count). The van der Waals surface area contributed by atoms with E-state index in [9.17, 15) is 18.0 Å². The average molecular weight is 677 g/mol. The summed E-state index contributed by atoms with van der Waals surface area (Å²) in [6.45, 7) is 5.38. The summed E-state index contributed by atoms with van der Waals surface area (Å²) in [7, 11) is -4.13. The van der Waals surface area contributed by atoms with Gasteiger partial charge in [-0.3, -0.25) is 13.9 Å². The van der Waals surface area contributed by atoms with Gasteiger partial charge in [0.15, 0.2) is 0 Å². The number of anilines is 1. The Morgan fingerprint density at radius 2 is 1.34 bits per heavy atom. The maximum Gasteiger partial charge on any atom is 0.264 e. The van der Waals surface area contributed by atoms with E-state index in [1.807, 2.05) is 87.5 Å². The molecule has 0 bridgehead atoms. The van der Waals surface area contributed by atoms with Gasteiger partial charge in [-0.1, -0.05) is 95.7 Å². The first-order valence-corrected chi connectivity index (χ1v) is 16.9. The summed E-state index contributed by atoms with van der Waals surface area (Å²) in [6, 6.07) is 31.2. The first-order chi connectivity index (χ1) is 21.1. The topological polar surface area (TPSA) is 86.8 Å². The zero-order valence-corrected chi connectivity index (χ0v) is 27.6. The lowest BCUT2D eigenvalue weighted by Gasteiger charge is -2.34. The lowest BCUT2D eigenvalue weighted by atomic mass is 10.0. The molecule has 230 valence electrons. The third-order valence-electron chi connectivity index (χ3n) is 7.21. The number of halogens is 1. The Bertz CT molecular complexity index is 1630. The van der Waals surface area contributed by atoms with Crippen LogP contribution in [-0.2, 0) is 39.0 Å². The van der Waals surface area contributed by atoms with Gasteiger partial charge >= 0.3 is 0 Å². The quantitative estimate of drug-likeness (QED) is 0.178. The van der Waals surface area contributed by atoms with Gasteiger partial charge in [0.05, 0.1) is 10.6 Å². The summed E-state index contributed by atoms with van der Waals surface area (Å²) in [6.07, 6.45) is 1.05. The van der Waals surface area contributed by atoms with Crippen LogP contribution in [0.4, 0.5) is 5.69 Å². The van der Waals surface area contributed by atoms with Crippen LogP contribution in [-0.4, -0.2) is 43.8 Å². The number of nitrogens with zero attached hydrogens (tertiary/aromatic N) is 2. The maximum atomic E-state index is 14.5. The van der Waals surface area contributed by atoms with Crippen molar-refractivity contribution in [1.82, 2.24) is 10.2 Å². The van der Waals surface area contributed by atoms with Gasteiger partial charge in [0, 0.05) is 23.5 Å². The van der Waals surface area contributed by atoms with Gasteiger partial charge in [0.2, 0.25) is 11.8 Å². The fourth-order valence-electron chi connectivity index (χ4n) is 4.87. The molecule has 9 heteroatoms. The third-order valence-corrected chi connectivity index (χ3v) is 9.53. The summed E-state index contributed by atoms with van der Waals surface area (Å²) < 4.78 is 30.1. The second kappa shape index (κ2) is 15.2. The molecule has 1 atom stereocenters. The molecule has 0 spiro atoms. The molecule has 4 aromatic carbocycles. The number of amides is 2. The molecule has 0 fully saturated rings. The van der Waals surface area contributed by atoms with Crippen molar-refractivity contribution in [2.75, 3.05) is 10.8 Å². The van der Waals surface area contributed by atoms with Crippen LogP contribution in [0.25, 0.3) is 0 Å². The van der Waals surface area contributed by atoms with E-state index >= 15 is 0 Å². The summed E-state index contributed by atoms with van der Waals surface area (Å²) in [4.78, 5) is 29.8. The molecule has 0 aliphatic heterocycles. The van der Waals surface area contributed by atoms with Gasteiger partial charge in [-0.15, -0.1) is 0 Å². The van der Waals surface area contributed by atoms with E-state index in [1.165, 1.54) is 17.0 Å². The molecule has 0 aromatic heterocycles. The van der Waals surface area contributed by atoms with E-state index in [4.69, 9.17) is 0 Å². The molecule has 0 unspecified atom stereocenters. The largest absolute Gasteiger partial charge is 0.352 e. The SMILES string of the molecule is CCc1ccc(N(CC(=O)N(Cc2ccc(Br)cc2)[C@@H](Cc2ccccc2)C(=O)NC(C)C)S(=O)(=O)c2ccccc2)cc1. The van der Waals surface area contributed by atoms with Crippen LogP contribution in [0, 0.1) is 0 Å². The summed E-state index contributed by atoms with van der Waals surface area (Å²) in [5, 5.41) is 2.97. The molecule has 4 aromatic rings. The predicted octanol–water partition coefficient (Wildman–Crippen LogP) is 6.37. The van der Waals surface area contributed by atoms with Crippen LogP contribution in [0.2, 0.25) is 0 Å². The molecule has 0 aliphatic rings. The Balaban J connectivity index is 1.79. The number of benzene rings is 4. The van der Waals surface area contributed by atoms with Gasteiger partial charge in [0.25, 0.3) is 10.0 Å². The molecule has 0 saturated carbocycles. The highest BCUT2D eigenvalue weighted by atomic mass is 79.9. The standard InChI is InChI=1S/C35H38BrN3O4S/c1-4-27-17-21-31(22-18-27)39(44(42,43)32-13-9-6-10-14-32)25-34(40)38(24-29-15-19-30(36)20-16-29)33(35(41)37-26(2)3)23-28-11-7-5-8-12-28/h5-22,26,33H,4,23-25H2,1-3H3,(H,37,41)/t33-/m0/s1. The molecular formula is C35H38BrN3O4S. The zero-order chi connectivity index (χ0) is 31.7. The van der Waals surface area contributed by atoms with Gasteiger partial charge in [-0.05, 0) is 73.4 Å². The van der Waals surface area contributed by atoms with Crippen LogP contribution in [0.5, 0.6) is 0 Å². The molecule has 1 N–H and O–H groups in total. The Morgan fingerprint density at radius 1 is 0.773 bits per heavy atom. The lowest BCUT2D eigenvalue weighted by molar-refractivity contribution is -0.140. The van der Waals surface area contributed by atoms with Gasteiger partial charge in [0.1, 0.15) is 12.6 Å². The summed E-state index contributed by atoms with van der Waals surface area (Å²) >= 11 is 3.46. The summed E-state index contributed by atoms with van der Waals surface area (Å²) in [5.41, 5.74) is 3.10. The van der Waals surface area contributed by atoms with Crippen molar-refractivity contribution in [2.24, 2.45) is 0 Å². The predicted molar refractivity (Wildman–Crippen MR) is 179 cm³/mol. The molecule has 7 nitrogen and oxygen atoms in total. The van der Waals surface area contributed by atoms with Crippen molar-refractivity contribution in [3.8, 4) is 0 Å². The minimum absolute atomic E-state index is 0.0743. The number of aryl methyl sites for hydroxylation is 1. The van der Waals surface area contributed by atoms with Crippen molar-refractivity contribution in [1.29, 1.82) is 0 Å². The smallest absolute Gasteiger partial charge is 0.264 e. The van der Waals surface area contributed by atoms with Crippen LogP contribution in [0.3, 0.4) is 0 Å². The van der Waals surface area contributed by atoms with E-state index in [0.717, 1.165) is 31.9 Å². The molecular weight excluding hydrogens is 638 g/mol. The van der Waals surface area contributed by atoms with E-state index in [2.05, 4.69) is 21.2 Å². The minimum atomic E-state index is -4.13. The highest BCUT2D eigenvalue weighted by Gasteiger charge is 2.34. The number of hydrogen-bond acceptors (Lipinski definition) is 4. The van der Waals surface area contributed by atoms with Crippen molar-refractivity contribution in [3.05, 3.63) is 130 Å². The molecule has 2 amide bonds. The number of carbonyl (C=O) groups is 2. The third kappa shape index (κ3) is 8.57. The second-order valence-corrected chi connectivity index (χ2v) is 13.6. The maximum absolute atomic E-state index is 14.5. The van der Waals surface area contributed by atoms with Crippen LogP contribution in [0.15, 0.2) is 119 Å². The first-order valence-electron chi connectivity index (χ1n) is 14.6. The monoisotopic (exact) mass is 675 g/mol. The Hall–Kier alpha value is -3.95. The highest BCUT2D eigenvalue weighted by molar-refractivity contribution is 9.10. The van der Waals surface area contributed by atoms with Crippen LogP contribution < -0.4 is 9.62 Å². The molecule has 0 heterocycles. The second-order valence-electron chi connectivity index (χ2n) is 10.9. The van der Waals surface area contributed by atoms with Gasteiger partial charge in [-0.25, -0.2) is 8.42 Å². The van der Waals surface area contributed by atoms with E-state index < -0.39 is 28.5 Å². The molecule has 0 aliphatic carbocycles. The van der Waals surface area contributed by atoms with Crippen molar-refractivity contribution in [3.63, 3.8) is 0 Å². The van der Waals surface area contributed by atoms with Crippen LogP contribution >= 0.6 is 15.9 Å². The van der Waals surface area contributed by atoms with Gasteiger partial charge < -0.3 is 10.2 Å². The number of sulfonamides is 1. The normalized spacial score (nSPS) is 12.0. The van der Waals surface area contributed by atoms with Crippen LogP contribution in [0.1, 0.15) is 37.5 Å². The van der Waals surface area contributed by atoms with E-state index in [1.54, 1.807) is 30.3 Å². The van der Waals surface area contributed by atoms with Gasteiger partial charge in [-0.2, -0.15) is 0 Å². The number of carbonyl (C=O) groups excluding carboxylic acids is 2. The molecule has 0 saturated heterocycles. The Labute approximate surface area is 269 Å². The van der Waals surface area contributed by atoms with Crippen molar-refractivity contribution < 1.29 is 18.0 Å². The molecule has 0 radical (unpaired) electrons. The highest BCUT2D eigenvalue weighted by Crippen LogP contribution is 2.26. The molecule has 44 heavy (non-hydrogen) atoms. The Morgan fingerprint density at radius 3 is 1.91 bits per heavy atom. The number of rotatable bonds is 13. The van der Waals surface area contributed by atoms with Crippen molar-refractivity contribution >= 4 is 43.5 Å². The number of nitrogens with one attached hydrogen (secondary N) is 1. The number of hydrogen-bond donors (Lipinski definition) is 1. The lowest BCUT2D eigenvalue weighted by Crippen LogP contribution is -2.54. The summed E-state index contributed by atoms with van der Waals surface area (Å²) in [5.74, 6) is -0.800. The minimum Gasteiger partial charge on any atom is -0.352 e. The fraction of sp³-hybridized carbons (Fsp3) is 0.257. The fourth-order valence-corrected chi connectivity index (χ4v) is 6.57. The van der Waals surface area contributed by atoms with Crippen molar-refractivity contribution in [2.45, 2.75) is 57.1 Å². The van der Waals surface area contributed by atoms with E-state index in [-0.39, 0.29) is 29.8 Å². The van der Waals surface area contributed by atoms with E-state index in [0.29, 0.717) is 5.69 Å².